The molecule has 2 aromatic carbocycles. The number of aromatic hydroxyl groups is 1. The Hall–Kier alpha value is -3.16. The number of thioether (sulfide) groups is 1. The van der Waals surface area contributed by atoms with Gasteiger partial charge in [0.1, 0.15) is 18.1 Å². The van der Waals surface area contributed by atoms with Crippen LogP contribution in [0.1, 0.15) is 17.0 Å². The normalized spacial score (nSPS) is 15.1. The van der Waals surface area contributed by atoms with Gasteiger partial charge in [-0.05, 0) is 79.7 Å². The molecule has 3 aromatic rings. The molecule has 6 nitrogen and oxygen atoms in total. The Balaban J connectivity index is 1.50. The smallest absolute Gasteiger partial charge is 0.293 e. The van der Waals surface area contributed by atoms with Crippen molar-refractivity contribution in [3.8, 4) is 17.2 Å². The molecule has 4 rings (SSSR count). The number of hydrogen-bond donors (Lipinski definition) is 1. The number of phenolic OH excluding ortho intramolecular Hbond substituents is 1. The average Bonchev–Trinajstić information content (AvgIpc) is 3.19. The Morgan fingerprint density at radius 2 is 1.81 bits per heavy atom. The third-order valence-corrected chi connectivity index (χ3v) is 6.37. The van der Waals surface area contributed by atoms with E-state index in [1.54, 1.807) is 42.5 Å². The SMILES string of the molecule is Cc1cc(/C=C2\SC(=O)N(CCOc3ccccc3Cl)C2=O)c(C)n1-c1ccc(O)cc1. The van der Waals surface area contributed by atoms with Gasteiger partial charge < -0.3 is 14.4 Å². The zero-order chi connectivity index (χ0) is 22.8. The summed E-state index contributed by atoms with van der Waals surface area (Å²) in [6.45, 7) is 4.21. The Morgan fingerprint density at radius 3 is 2.53 bits per heavy atom. The summed E-state index contributed by atoms with van der Waals surface area (Å²) >= 11 is 6.99. The maximum Gasteiger partial charge on any atom is 0.293 e. The lowest BCUT2D eigenvalue weighted by Crippen LogP contribution is -2.32. The average molecular weight is 469 g/mol. The maximum atomic E-state index is 12.8. The molecule has 1 saturated heterocycles. The quantitative estimate of drug-likeness (QED) is 0.479. The van der Waals surface area contributed by atoms with Crippen LogP contribution in [0, 0.1) is 13.8 Å². The Morgan fingerprint density at radius 1 is 1.09 bits per heavy atom. The molecule has 0 saturated carbocycles. The number of carbonyl (C=O) groups excluding carboxylic acids is 2. The first-order chi connectivity index (χ1) is 15.3. The number of nitrogens with zero attached hydrogens (tertiary/aromatic N) is 2. The fourth-order valence-electron chi connectivity index (χ4n) is 3.58. The van der Waals surface area contributed by atoms with Gasteiger partial charge in [0.15, 0.2) is 0 Å². The van der Waals surface area contributed by atoms with E-state index in [1.807, 2.05) is 36.6 Å². The van der Waals surface area contributed by atoms with Gasteiger partial charge in [-0.3, -0.25) is 14.5 Å². The van der Waals surface area contributed by atoms with Crippen LogP contribution in [-0.2, 0) is 4.79 Å². The molecule has 8 heteroatoms. The maximum absolute atomic E-state index is 12.8. The van der Waals surface area contributed by atoms with Crippen molar-refractivity contribution in [2.24, 2.45) is 0 Å². The number of carbonyl (C=O) groups is 2. The summed E-state index contributed by atoms with van der Waals surface area (Å²) in [6, 6.07) is 15.9. The fourth-order valence-corrected chi connectivity index (χ4v) is 4.62. The summed E-state index contributed by atoms with van der Waals surface area (Å²) in [5.74, 6) is 0.374. The minimum Gasteiger partial charge on any atom is -0.508 e. The number of para-hydroxylation sites is 1. The van der Waals surface area contributed by atoms with Crippen LogP contribution >= 0.6 is 23.4 Å². The number of amides is 2. The number of hydrogen-bond acceptors (Lipinski definition) is 5. The largest absolute Gasteiger partial charge is 0.508 e. The molecule has 32 heavy (non-hydrogen) atoms. The topological polar surface area (TPSA) is 71.8 Å². The molecular formula is C24H21ClN2O4S. The minimum atomic E-state index is -0.336. The Kier molecular flexibility index (Phi) is 6.30. The highest BCUT2D eigenvalue weighted by atomic mass is 35.5. The summed E-state index contributed by atoms with van der Waals surface area (Å²) in [6.07, 6.45) is 1.75. The van der Waals surface area contributed by atoms with Crippen LogP contribution in [0.4, 0.5) is 4.79 Å². The van der Waals surface area contributed by atoms with Gasteiger partial charge in [-0.15, -0.1) is 0 Å². The molecule has 0 aliphatic carbocycles. The molecule has 2 amide bonds. The number of halogens is 1. The zero-order valence-electron chi connectivity index (χ0n) is 17.5. The Bertz CT molecular complexity index is 1220. The monoisotopic (exact) mass is 468 g/mol. The number of aromatic nitrogens is 1. The van der Waals surface area contributed by atoms with E-state index in [9.17, 15) is 14.7 Å². The first kappa shape index (κ1) is 22.0. The summed E-state index contributed by atoms with van der Waals surface area (Å²) in [5.41, 5.74) is 3.67. The highest BCUT2D eigenvalue weighted by Crippen LogP contribution is 2.34. The predicted octanol–water partition coefficient (Wildman–Crippen LogP) is 5.57. The lowest BCUT2D eigenvalue weighted by molar-refractivity contribution is -0.123. The predicted molar refractivity (Wildman–Crippen MR) is 127 cm³/mol. The number of rotatable bonds is 6. The molecule has 0 radical (unpaired) electrons. The first-order valence-corrected chi connectivity index (χ1v) is 11.2. The highest BCUT2D eigenvalue weighted by Gasteiger charge is 2.35. The van der Waals surface area contributed by atoms with Crippen molar-refractivity contribution in [3.05, 3.63) is 81.5 Å². The number of aryl methyl sites for hydroxylation is 1. The first-order valence-electron chi connectivity index (χ1n) is 9.96. The van der Waals surface area contributed by atoms with Gasteiger partial charge in [0.2, 0.25) is 0 Å². The summed E-state index contributed by atoms with van der Waals surface area (Å²) in [7, 11) is 0. The van der Waals surface area contributed by atoms with Gasteiger partial charge in [-0.1, -0.05) is 23.7 Å². The molecule has 0 unspecified atom stereocenters. The minimum absolute atomic E-state index is 0.139. The van der Waals surface area contributed by atoms with Crippen LogP contribution in [0.25, 0.3) is 11.8 Å². The molecule has 0 bridgehead atoms. The second kappa shape index (κ2) is 9.14. The van der Waals surface area contributed by atoms with E-state index in [-0.39, 0.29) is 30.0 Å². The lowest BCUT2D eigenvalue weighted by atomic mass is 10.2. The number of phenols is 1. The summed E-state index contributed by atoms with van der Waals surface area (Å²) in [5, 5.41) is 9.70. The Labute approximate surface area is 195 Å². The van der Waals surface area contributed by atoms with E-state index in [0.29, 0.717) is 15.7 Å². The molecule has 0 spiro atoms. The van der Waals surface area contributed by atoms with Crippen LogP contribution in [-0.4, -0.2) is 38.9 Å². The van der Waals surface area contributed by atoms with Gasteiger partial charge in [-0.25, -0.2) is 0 Å². The third kappa shape index (κ3) is 4.40. The highest BCUT2D eigenvalue weighted by molar-refractivity contribution is 8.18. The molecule has 1 fully saturated rings. The summed E-state index contributed by atoms with van der Waals surface area (Å²) < 4.78 is 7.65. The van der Waals surface area contributed by atoms with Crippen LogP contribution in [0.15, 0.2) is 59.5 Å². The van der Waals surface area contributed by atoms with Gasteiger partial charge in [0.25, 0.3) is 11.1 Å². The van der Waals surface area contributed by atoms with Gasteiger partial charge in [0, 0.05) is 17.1 Å². The molecule has 2 heterocycles. The molecular weight excluding hydrogens is 448 g/mol. The van der Waals surface area contributed by atoms with Crippen LogP contribution < -0.4 is 4.74 Å². The summed E-state index contributed by atoms with van der Waals surface area (Å²) in [4.78, 5) is 26.8. The van der Waals surface area contributed by atoms with Gasteiger partial charge in [-0.2, -0.15) is 0 Å². The van der Waals surface area contributed by atoms with Crippen molar-refractivity contribution >= 4 is 40.6 Å². The van der Waals surface area contributed by atoms with E-state index in [4.69, 9.17) is 16.3 Å². The van der Waals surface area contributed by atoms with Crippen LogP contribution in [0.3, 0.4) is 0 Å². The number of ether oxygens (including phenoxy) is 1. The van der Waals surface area contributed by atoms with E-state index >= 15 is 0 Å². The van der Waals surface area contributed by atoms with E-state index in [0.717, 1.165) is 34.4 Å². The molecule has 0 atom stereocenters. The molecule has 1 N–H and O–H groups in total. The number of benzene rings is 2. The second-order valence-electron chi connectivity index (χ2n) is 7.29. The van der Waals surface area contributed by atoms with Gasteiger partial charge >= 0.3 is 0 Å². The molecule has 1 aromatic heterocycles. The van der Waals surface area contributed by atoms with Crippen LogP contribution in [0.2, 0.25) is 5.02 Å². The van der Waals surface area contributed by atoms with Crippen molar-refractivity contribution in [2.75, 3.05) is 13.2 Å². The molecule has 1 aliphatic rings. The van der Waals surface area contributed by atoms with Crippen molar-refractivity contribution in [2.45, 2.75) is 13.8 Å². The van der Waals surface area contributed by atoms with E-state index in [1.165, 1.54) is 4.90 Å². The van der Waals surface area contributed by atoms with Gasteiger partial charge in [0.05, 0.1) is 16.5 Å². The number of imide groups is 1. The van der Waals surface area contributed by atoms with Crippen molar-refractivity contribution in [3.63, 3.8) is 0 Å². The van der Waals surface area contributed by atoms with Crippen LogP contribution in [0.5, 0.6) is 11.5 Å². The van der Waals surface area contributed by atoms with Crippen molar-refractivity contribution < 1.29 is 19.4 Å². The van der Waals surface area contributed by atoms with E-state index in [2.05, 4.69) is 0 Å². The zero-order valence-corrected chi connectivity index (χ0v) is 19.1. The van der Waals surface area contributed by atoms with Crippen molar-refractivity contribution in [1.82, 2.24) is 9.47 Å². The molecule has 164 valence electrons. The van der Waals surface area contributed by atoms with Crippen molar-refractivity contribution in [1.29, 1.82) is 0 Å². The standard InChI is InChI=1S/C24H21ClN2O4S/c1-15-13-17(16(2)27(15)18-7-9-19(28)10-8-18)14-22-23(29)26(24(30)32-22)11-12-31-21-6-4-3-5-20(21)25/h3-10,13-14,28H,11-12H2,1-2H3/b22-14-. The van der Waals surface area contributed by atoms with E-state index < -0.39 is 0 Å². The second-order valence-corrected chi connectivity index (χ2v) is 8.69. The fraction of sp³-hybridized carbons (Fsp3) is 0.167. The lowest BCUT2D eigenvalue weighted by Gasteiger charge is -2.13. The molecule has 1 aliphatic heterocycles. The third-order valence-electron chi connectivity index (χ3n) is 5.15.